The quantitative estimate of drug-likeness (QED) is 0.626. The molecule has 0 fully saturated rings. The number of carboxylic acid groups (broad SMARTS) is 1. The number of thiophene rings is 1. The van der Waals surface area contributed by atoms with E-state index in [1.807, 2.05) is 11.4 Å². The highest BCUT2D eigenvalue weighted by molar-refractivity contribution is 9.10. The molecule has 21 heavy (non-hydrogen) atoms. The number of urea groups is 1. The van der Waals surface area contributed by atoms with E-state index < -0.39 is 24.0 Å². The second-order valence-corrected chi connectivity index (χ2v) is 5.88. The lowest BCUT2D eigenvalue weighted by Gasteiger charge is -2.14. The molecule has 0 spiro atoms. The Kier molecular flexibility index (Phi) is 7.17. The molecular formula is C12H15BrN2O5S. The van der Waals surface area contributed by atoms with Crippen LogP contribution in [0.5, 0.6) is 0 Å². The van der Waals surface area contributed by atoms with Gasteiger partial charge in [-0.1, -0.05) is 0 Å². The van der Waals surface area contributed by atoms with E-state index in [4.69, 9.17) is 5.11 Å². The van der Waals surface area contributed by atoms with Crippen LogP contribution in [-0.4, -0.2) is 36.2 Å². The molecule has 7 nitrogen and oxygen atoms in total. The highest BCUT2D eigenvalue weighted by Crippen LogP contribution is 2.22. The molecule has 1 heterocycles. The van der Waals surface area contributed by atoms with Crippen LogP contribution in [0.4, 0.5) is 4.79 Å². The normalized spacial score (nSPS) is 11.5. The second-order valence-electron chi connectivity index (χ2n) is 4.02. The van der Waals surface area contributed by atoms with E-state index in [9.17, 15) is 14.4 Å². The fraction of sp³-hybridized carbons (Fsp3) is 0.417. The summed E-state index contributed by atoms with van der Waals surface area (Å²) >= 11 is 4.80. The lowest BCUT2D eigenvalue weighted by atomic mass is 10.1. The van der Waals surface area contributed by atoms with Crippen LogP contribution in [0.2, 0.25) is 0 Å². The summed E-state index contributed by atoms with van der Waals surface area (Å²) in [6.07, 6.45) is -0.109. The zero-order valence-electron chi connectivity index (χ0n) is 11.2. The van der Waals surface area contributed by atoms with E-state index in [1.165, 1.54) is 18.4 Å². The van der Waals surface area contributed by atoms with E-state index in [0.29, 0.717) is 0 Å². The molecular weight excluding hydrogens is 364 g/mol. The number of amides is 2. The van der Waals surface area contributed by atoms with Crippen LogP contribution in [0.15, 0.2) is 15.9 Å². The first-order valence-electron chi connectivity index (χ1n) is 6.00. The second kappa shape index (κ2) is 8.63. The van der Waals surface area contributed by atoms with E-state index in [1.54, 1.807) is 0 Å². The number of nitrogens with one attached hydrogen (secondary N) is 2. The molecule has 0 aliphatic heterocycles. The molecule has 0 aromatic carbocycles. The molecule has 0 saturated heterocycles. The number of aliphatic carboxylic acids is 1. The van der Waals surface area contributed by atoms with Gasteiger partial charge >= 0.3 is 18.0 Å². The molecule has 1 aromatic heterocycles. The first-order chi connectivity index (χ1) is 9.93. The van der Waals surface area contributed by atoms with Gasteiger partial charge in [0.05, 0.1) is 13.7 Å². The summed E-state index contributed by atoms with van der Waals surface area (Å²) in [7, 11) is 1.22. The van der Waals surface area contributed by atoms with Gasteiger partial charge < -0.3 is 20.5 Å². The van der Waals surface area contributed by atoms with Crippen LogP contribution in [0.25, 0.3) is 0 Å². The van der Waals surface area contributed by atoms with Gasteiger partial charge in [0.2, 0.25) is 0 Å². The van der Waals surface area contributed by atoms with Crippen LogP contribution in [0.1, 0.15) is 17.7 Å². The Bertz CT molecular complexity index is 520. The number of hydrogen-bond donors (Lipinski definition) is 3. The molecule has 1 atom stereocenters. The third-order valence-electron chi connectivity index (χ3n) is 2.57. The summed E-state index contributed by atoms with van der Waals surface area (Å²) in [6.45, 7) is 0.285. The molecule has 3 N–H and O–H groups in total. The summed E-state index contributed by atoms with van der Waals surface area (Å²) in [5, 5.41) is 15.7. The Hall–Kier alpha value is -1.61. The Labute approximate surface area is 133 Å². The number of carbonyl (C=O) groups excluding carboxylic acids is 2. The fourth-order valence-corrected chi connectivity index (χ4v) is 2.87. The third-order valence-corrected chi connectivity index (χ3v) is 4.50. The minimum Gasteiger partial charge on any atom is -0.480 e. The standard InChI is InChI=1S/C12H15BrN2O5S/c1-20-10(16)3-2-8(11(17)18)15-12(19)14-6-9-7(13)4-5-21-9/h4-5,8H,2-3,6H2,1H3,(H,17,18)(H2,14,15,19)/t8-/m0/s1. The average molecular weight is 379 g/mol. The third kappa shape index (κ3) is 6.13. The Morgan fingerprint density at radius 2 is 2.19 bits per heavy atom. The maximum Gasteiger partial charge on any atom is 0.326 e. The number of rotatable bonds is 7. The SMILES string of the molecule is COC(=O)CC[C@H](NC(=O)NCc1sccc1Br)C(=O)O. The minimum absolute atomic E-state index is 0.0296. The van der Waals surface area contributed by atoms with E-state index in [2.05, 4.69) is 31.3 Å². The van der Waals surface area contributed by atoms with Crippen molar-refractivity contribution < 1.29 is 24.2 Å². The van der Waals surface area contributed by atoms with Gasteiger partial charge in [-0.3, -0.25) is 4.79 Å². The van der Waals surface area contributed by atoms with Gasteiger partial charge in [-0.15, -0.1) is 11.3 Å². The topological polar surface area (TPSA) is 105 Å². The van der Waals surface area contributed by atoms with Crippen molar-refractivity contribution in [1.82, 2.24) is 10.6 Å². The minimum atomic E-state index is -1.20. The van der Waals surface area contributed by atoms with E-state index in [0.717, 1.165) is 9.35 Å². The van der Waals surface area contributed by atoms with Crippen LogP contribution in [0.3, 0.4) is 0 Å². The monoisotopic (exact) mass is 378 g/mol. The maximum absolute atomic E-state index is 11.7. The summed E-state index contributed by atoms with van der Waals surface area (Å²) < 4.78 is 5.31. The molecule has 0 aliphatic carbocycles. The first-order valence-corrected chi connectivity index (χ1v) is 7.67. The molecule has 0 radical (unpaired) electrons. The lowest BCUT2D eigenvalue weighted by Crippen LogP contribution is -2.45. The van der Waals surface area contributed by atoms with Crippen molar-refractivity contribution in [2.75, 3.05) is 7.11 Å². The predicted octanol–water partition coefficient (Wildman–Crippen LogP) is 1.72. The number of hydrogen-bond acceptors (Lipinski definition) is 5. The number of ether oxygens (including phenoxy) is 1. The molecule has 0 saturated carbocycles. The van der Waals surface area contributed by atoms with Crippen LogP contribution < -0.4 is 10.6 Å². The average Bonchev–Trinajstić information content (AvgIpc) is 2.85. The first kappa shape index (κ1) is 17.4. The van der Waals surface area contributed by atoms with Gasteiger partial charge in [-0.25, -0.2) is 9.59 Å². The predicted molar refractivity (Wildman–Crippen MR) is 80.1 cm³/mol. The highest BCUT2D eigenvalue weighted by atomic mass is 79.9. The number of carboxylic acids is 1. The largest absolute Gasteiger partial charge is 0.480 e. The number of esters is 1. The zero-order chi connectivity index (χ0) is 15.8. The Morgan fingerprint density at radius 1 is 1.48 bits per heavy atom. The van der Waals surface area contributed by atoms with Crippen molar-refractivity contribution in [3.8, 4) is 0 Å². The van der Waals surface area contributed by atoms with Crippen LogP contribution >= 0.6 is 27.3 Å². The summed E-state index contributed by atoms with van der Waals surface area (Å²) in [4.78, 5) is 34.6. The van der Waals surface area contributed by atoms with Gasteiger partial charge in [0.15, 0.2) is 0 Å². The van der Waals surface area contributed by atoms with Crippen molar-refractivity contribution >= 4 is 45.2 Å². The summed E-state index contributed by atoms with van der Waals surface area (Å²) in [6, 6.07) is 0.110. The summed E-state index contributed by atoms with van der Waals surface area (Å²) in [5.74, 6) is -1.72. The zero-order valence-corrected chi connectivity index (χ0v) is 13.6. The number of methoxy groups -OCH3 is 1. The Balaban J connectivity index is 2.43. The van der Waals surface area contributed by atoms with Crippen molar-refractivity contribution in [2.24, 2.45) is 0 Å². The van der Waals surface area contributed by atoms with E-state index >= 15 is 0 Å². The molecule has 9 heteroatoms. The number of carbonyl (C=O) groups is 3. The maximum atomic E-state index is 11.7. The smallest absolute Gasteiger partial charge is 0.326 e. The molecule has 1 rings (SSSR count). The van der Waals surface area contributed by atoms with Crippen LogP contribution in [0, 0.1) is 0 Å². The van der Waals surface area contributed by atoms with Gasteiger partial charge in [0.1, 0.15) is 6.04 Å². The van der Waals surface area contributed by atoms with Gasteiger partial charge in [0, 0.05) is 15.8 Å². The fourth-order valence-electron chi connectivity index (χ4n) is 1.44. The molecule has 0 unspecified atom stereocenters. The van der Waals surface area contributed by atoms with Gasteiger partial charge in [0.25, 0.3) is 0 Å². The molecule has 2 amide bonds. The summed E-state index contributed by atoms with van der Waals surface area (Å²) in [5.41, 5.74) is 0. The van der Waals surface area contributed by atoms with Crippen molar-refractivity contribution in [2.45, 2.75) is 25.4 Å². The van der Waals surface area contributed by atoms with Crippen LogP contribution in [-0.2, 0) is 20.9 Å². The van der Waals surface area contributed by atoms with Crippen molar-refractivity contribution in [3.05, 3.63) is 20.8 Å². The molecule has 116 valence electrons. The molecule has 1 aromatic rings. The van der Waals surface area contributed by atoms with Gasteiger partial charge in [-0.05, 0) is 33.8 Å². The van der Waals surface area contributed by atoms with Crippen molar-refractivity contribution in [1.29, 1.82) is 0 Å². The highest BCUT2D eigenvalue weighted by Gasteiger charge is 2.21. The number of halogens is 1. The Morgan fingerprint density at radius 3 is 2.71 bits per heavy atom. The van der Waals surface area contributed by atoms with Crippen molar-refractivity contribution in [3.63, 3.8) is 0 Å². The van der Waals surface area contributed by atoms with E-state index in [-0.39, 0.29) is 19.4 Å². The molecule has 0 aliphatic rings. The lowest BCUT2D eigenvalue weighted by molar-refractivity contribution is -0.142. The molecule has 0 bridgehead atoms. The van der Waals surface area contributed by atoms with Gasteiger partial charge in [-0.2, -0.15) is 0 Å².